The van der Waals surface area contributed by atoms with Crippen molar-refractivity contribution in [1.82, 2.24) is 20.1 Å². The van der Waals surface area contributed by atoms with Crippen molar-refractivity contribution in [2.24, 2.45) is 7.05 Å². The zero-order valence-corrected chi connectivity index (χ0v) is 18.7. The third-order valence-electron chi connectivity index (χ3n) is 5.14. The summed E-state index contributed by atoms with van der Waals surface area (Å²) in [6.45, 7) is 0.352. The third kappa shape index (κ3) is 4.39. The van der Waals surface area contributed by atoms with Gasteiger partial charge < -0.3 is 14.6 Å². The second kappa shape index (κ2) is 8.52. The fourth-order valence-electron chi connectivity index (χ4n) is 3.34. The minimum atomic E-state index is -3.30. The molecule has 0 aliphatic carbocycles. The number of aromatic nitrogens is 3. The molecule has 0 saturated heterocycles. The molecule has 2 heterocycles. The summed E-state index contributed by atoms with van der Waals surface area (Å²) < 4.78 is 30.3. The predicted octanol–water partition coefficient (Wildman–Crippen LogP) is 3.19. The number of hydrogen-bond acceptors (Lipinski definition) is 6. The number of rotatable bonds is 6. The number of aryl methyl sites for hydroxylation is 1. The maximum absolute atomic E-state index is 13.1. The van der Waals surface area contributed by atoms with Crippen molar-refractivity contribution in [3.8, 4) is 17.0 Å². The second-order valence-corrected chi connectivity index (χ2v) is 9.40. The Morgan fingerprint density at radius 2 is 1.84 bits per heavy atom. The maximum Gasteiger partial charge on any atom is 0.252 e. The van der Waals surface area contributed by atoms with Gasteiger partial charge in [-0.05, 0) is 48.0 Å². The molecule has 0 radical (unpaired) electrons. The molecule has 0 saturated carbocycles. The lowest BCUT2D eigenvalue weighted by Crippen LogP contribution is -2.23. The number of benzene rings is 2. The van der Waals surface area contributed by atoms with Gasteiger partial charge in [-0.25, -0.2) is 4.98 Å². The van der Waals surface area contributed by atoms with Gasteiger partial charge in [-0.1, -0.05) is 12.1 Å². The number of ether oxygens (including phenoxy) is 1. The van der Waals surface area contributed by atoms with Gasteiger partial charge in [0.15, 0.2) is 10.5 Å². The molecule has 32 heavy (non-hydrogen) atoms. The number of hydrogen-bond donors (Lipinski definition) is 1. The van der Waals surface area contributed by atoms with E-state index in [-0.39, 0.29) is 10.8 Å². The highest BCUT2D eigenvalue weighted by molar-refractivity contribution is 7.97. The Morgan fingerprint density at radius 3 is 2.47 bits per heavy atom. The summed E-state index contributed by atoms with van der Waals surface area (Å²) in [5.74, 6) is 0.494. The first-order chi connectivity index (χ1) is 15.3. The molecular weight excluding hydrogens is 428 g/mol. The van der Waals surface area contributed by atoms with Gasteiger partial charge >= 0.3 is 0 Å². The van der Waals surface area contributed by atoms with Gasteiger partial charge in [0.2, 0.25) is 0 Å². The summed E-state index contributed by atoms with van der Waals surface area (Å²) in [7, 11) is 0.0572. The van der Waals surface area contributed by atoms with Crippen LogP contribution in [0.1, 0.15) is 15.9 Å². The van der Waals surface area contributed by atoms with Gasteiger partial charge in [-0.15, -0.1) is 4.21 Å². The van der Waals surface area contributed by atoms with Crippen LogP contribution in [0.4, 0.5) is 0 Å². The van der Waals surface area contributed by atoms with Crippen molar-refractivity contribution < 1.29 is 18.3 Å². The first-order valence-electron chi connectivity index (χ1n) is 9.80. The first-order valence-corrected chi connectivity index (χ1v) is 11.7. The van der Waals surface area contributed by atoms with Gasteiger partial charge in [0.1, 0.15) is 12.0 Å². The number of pyridine rings is 1. The Bertz CT molecular complexity index is 1320. The Kier molecular flexibility index (Phi) is 5.77. The van der Waals surface area contributed by atoms with E-state index < -0.39 is 10.2 Å². The molecule has 1 N–H and O–H groups in total. The van der Waals surface area contributed by atoms with Crippen LogP contribution in [-0.2, 0) is 28.0 Å². The Hall–Kier alpha value is -3.56. The average Bonchev–Trinajstić information content (AvgIpc) is 3.17. The highest BCUT2D eigenvalue weighted by Crippen LogP contribution is 2.26. The topological polar surface area (TPSA) is 109 Å². The van der Waals surface area contributed by atoms with Gasteiger partial charge in [0.05, 0.1) is 40.2 Å². The number of nitrogens with zero attached hydrogens (tertiary/aromatic N) is 3. The van der Waals surface area contributed by atoms with Crippen molar-refractivity contribution in [2.45, 2.75) is 11.4 Å². The maximum atomic E-state index is 13.1. The van der Waals surface area contributed by atoms with Crippen LogP contribution in [-0.4, -0.2) is 38.6 Å². The summed E-state index contributed by atoms with van der Waals surface area (Å²) in [6, 6.07) is 15.6. The standard InChI is InChI=1S/C23H22N4O4S/c1-27-22-20(14-25-27)19(23(28)24-13-15-4-8-17(31-2)9-5-15)12-21(26-22)16-6-10-18(11-7-16)32(3,29)30/h4-12,14H,13H2,1-3H3,(H-,24,28,29,30). The average molecular weight is 451 g/mol. The van der Waals surface area contributed by atoms with E-state index in [1.807, 2.05) is 24.3 Å². The van der Waals surface area contributed by atoms with Gasteiger partial charge in [0, 0.05) is 19.2 Å². The number of nitrogens with one attached hydrogen (secondary N) is 1. The van der Waals surface area contributed by atoms with E-state index >= 15 is 0 Å². The molecule has 0 aliphatic rings. The molecule has 9 heteroatoms. The highest BCUT2D eigenvalue weighted by atomic mass is 32.3. The van der Waals surface area contributed by atoms with E-state index in [9.17, 15) is 13.6 Å². The lowest BCUT2D eigenvalue weighted by molar-refractivity contribution is 0.0952. The van der Waals surface area contributed by atoms with E-state index in [4.69, 9.17) is 4.74 Å². The van der Waals surface area contributed by atoms with Crippen molar-refractivity contribution in [2.75, 3.05) is 13.4 Å². The van der Waals surface area contributed by atoms with Crippen LogP contribution < -0.4 is 10.1 Å². The van der Waals surface area contributed by atoms with Crippen LogP contribution in [0.2, 0.25) is 0 Å². The monoisotopic (exact) mass is 450 g/mol. The number of amides is 1. The predicted molar refractivity (Wildman–Crippen MR) is 121 cm³/mol. The molecule has 2 aromatic carbocycles. The molecule has 8 nitrogen and oxygen atoms in total. The molecule has 4 rings (SSSR count). The molecule has 1 amide bonds. The molecule has 4 aromatic rings. The van der Waals surface area contributed by atoms with Gasteiger partial charge in [0.25, 0.3) is 5.91 Å². The summed E-state index contributed by atoms with van der Waals surface area (Å²) in [4.78, 5) is 17.9. The molecule has 0 aliphatic heterocycles. The van der Waals surface area contributed by atoms with Crippen LogP contribution in [0.15, 0.2) is 65.7 Å². The van der Waals surface area contributed by atoms with E-state index in [1.165, 1.54) is 12.1 Å². The van der Waals surface area contributed by atoms with Crippen molar-refractivity contribution in [3.63, 3.8) is 0 Å². The number of carbonyl (C=O) groups excluding carboxylic acids is 1. The zero-order chi connectivity index (χ0) is 22.9. The summed E-state index contributed by atoms with van der Waals surface area (Å²) >= 11 is 0. The first kappa shape index (κ1) is 21.7. The van der Waals surface area contributed by atoms with Gasteiger partial charge in [-0.2, -0.15) is 5.10 Å². The van der Waals surface area contributed by atoms with E-state index in [1.54, 1.807) is 43.2 Å². The highest BCUT2D eigenvalue weighted by Gasteiger charge is 2.18. The minimum Gasteiger partial charge on any atom is -0.610 e. The van der Waals surface area contributed by atoms with E-state index in [0.717, 1.165) is 17.6 Å². The van der Waals surface area contributed by atoms with E-state index in [2.05, 4.69) is 15.4 Å². The zero-order valence-electron chi connectivity index (χ0n) is 17.9. The number of fused-ring (bicyclic) bond motifs is 1. The summed E-state index contributed by atoms with van der Waals surface area (Å²) in [5, 5.41) is 7.81. The molecular formula is C23H22N4O4S. The lowest BCUT2D eigenvalue weighted by atomic mass is 10.1. The molecule has 0 spiro atoms. The fourth-order valence-corrected chi connectivity index (χ4v) is 3.97. The summed E-state index contributed by atoms with van der Waals surface area (Å²) in [5.41, 5.74) is 3.19. The van der Waals surface area contributed by atoms with Crippen molar-refractivity contribution in [3.05, 3.63) is 71.9 Å². The molecule has 1 atom stereocenters. The quantitative estimate of drug-likeness (QED) is 0.452. The van der Waals surface area contributed by atoms with Crippen LogP contribution in [0.3, 0.4) is 0 Å². The van der Waals surface area contributed by atoms with Crippen molar-refractivity contribution in [1.29, 1.82) is 0 Å². The van der Waals surface area contributed by atoms with Crippen LogP contribution in [0.25, 0.3) is 22.3 Å². The summed E-state index contributed by atoms with van der Waals surface area (Å²) in [6.07, 6.45) is 2.77. The SMILES string of the molecule is COc1ccc(CNC(=O)c2cc(-c3ccc([S+](C)(=O)[O-])cc3)nc3c2cnn3C)cc1. The smallest absolute Gasteiger partial charge is 0.252 e. The molecule has 0 fully saturated rings. The Balaban J connectivity index is 1.66. The second-order valence-electron chi connectivity index (χ2n) is 7.39. The van der Waals surface area contributed by atoms with Gasteiger partial charge in [-0.3, -0.25) is 9.48 Å². The Labute approximate surface area is 186 Å². The molecule has 2 aromatic heterocycles. The number of sulfone groups is 1. The minimum absolute atomic E-state index is 0.223. The molecule has 1 unspecified atom stereocenters. The van der Waals surface area contributed by atoms with Crippen LogP contribution in [0.5, 0.6) is 5.75 Å². The van der Waals surface area contributed by atoms with Crippen LogP contribution >= 0.6 is 0 Å². The number of methoxy groups -OCH3 is 1. The normalized spacial score (nSPS) is 13.0. The fraction of sp³-hybridized carbons (Fsp3) is 0.174. The van der Waals surface area contributed by atoms with Crippen LogP contribution in [0, 0.1) is 0 Å². The Morgan fingerprint density at radius 1 is 1.16 bits per heavy atom. The van der Waals surface area contributed by atoms with E-state index in [0.29, 0.717) is 34.4 Å². The largest absolute Gasteiger partial charge is 0.610 e. The number of carbonyl (C=O) groups is 1. The lowest BCUT2D eigenvalue weighted by Gasteiger charge is -2.11. The molecule has 164 valence electrons. The van der Waals surface area contributed by atoms with Crippen molar-refractivity contribution >= 4 is 27.2 Å². The molecule has 0 bridgehead atoms. The third-order valence-corrected chi connectivity index (χ3v) is 6.27.